The van der Waals surface area contributed by atoms with Crippen LogP contribution in [0.3, 0.4) is 0 Å². The quantitative estimate of drug-likeness (QED) is 0.611. The van der Waals surface area contributed by atoms with E-state index in [2.05, 4.69) is 15.2 Å². The third-order valence-corrected chi connectivity index (χ3v) is 5.01. The van der Waals surface area contributed by atoms with E-state index < -0.39 is 11.3 Å². The zero-order chi connectivity index (χ0) is 18.2. The minimum absolute atomic E-state index is 0.0206. The summed E-state index contributed by atoms with van der Waals surface area (Å²) in [6.07, 6.45) is 0. The maximum Gasteiger partial charge on any atom is 0.292 e. The van der Waals surface area contributed by atoms with Crippen LogP contribution in [0, 0.1) is 6.92 Å². The predicted octanol–water partition coefficient (Wildman–Crippen LogP) is 0.435. The fourth-order valence-corrected chi connectivity index (χ4v) is 4.15. The van der Waals surface area contributed by atoms with Crippen LogP contribution in [0.1, 0.15) is 22.5 Å². The van der Waals surface area contributed by atoms with Crippen molar-refractivity contribution in [2.45, 2.75) is 12.3 Å². The van der Waals surface area contributed by atoms with E-state index >= 15 is 0 Å². The van der Waals surface area contributed by atoms with Crippen LogP contribution >= 0.6 is 0 Å². The first-order chi connectivity index (χ1) is 12.5. The summed E-state index contributed by atoms with van der Waals surface area (Å²) >= 11 is 0. The first-order valence-electron chi connectivity index (χ1n) is 7.98. The van der Waals surface area contributed by atoms with Crippen molar-refractivity contribution in [2.75, 3.05) is 17.2 Å². The number of anilines is 2. The molecule has 1 aliphatic carbocycles. The number of hydrogen-bond donors (Lipinski definition) is 3. The molecule has 0 saturated heterocycles. The second-order valence-corrected chi connectivity index (χ2v) is 6.43. The van der Waals surface area contributed by atoms with Crippen molar-refractivity contribution in [1.29, 1.82) is 0 Å². The number of aromatic nitrogens is 3. The molecule has 1 spiro atoms. The molecule has 2 amide bonds. The first kappa shape index (κ1) is 14.7. The first-order valence-corrected chi connectivity index (χ1v) is 7.98. The van der Waals surface area contributed by atoms with Gasteiger partial charge < -0.3 is 15.9 Å². The van der Waals surface area contributed by atoms with E-state index in [4.69, 9.17) is 15.9 Å². The molecule has 1 aromatic carbocycles. The Morgan fingerprint density at radius 2 is 2.15 bits per heavy atom. The van der Waals surface area contributed by atoms with Crippen molar-refractivity contribution in [3.05, 3.63) is 46.8 Å². The van der Waals surface area contributed by atoms with Gasteiger partial charge in [0.25, 0.3) is 6.01 Å². The van der Waals surface area contributed by atoms with Crippen LogP contribution in [-0.4, -0.2) is 33.5 Å². The third kappa shape index (κ3) is 1.46. The highest BCUT2D eigenvalue weighted by atomic mass is 16.4. The van der Waals surface area contributed by atoms with Crippen LogP contribution in [0.5, 0.6) is 0 Å². The lowest BCUT2D eigenvalue weighted by Crippen LogP contribution is -2.45. The highest BCUT2D eigenvalue weighted by molar-refractivity contribution is 6.17. The smallest absolute Gasteiger partial charge is 0.292 e. The van der Waals surface area contributed by atoms with Crippen molar-refractivity contribution in [3.63, 3.8) is 0 Å². The molecule has 0 fully saturated rings. The number of fused-ring (bicyclic) bond motifs is 7. The van der Waals surface area contributed by atoms with Gasteiger partial charge in [0.1, 0.15) is 12.2 Å². The summed E-state index contributed by atoms with van der Waals surface area (Å²) in [5.41, 5.74) is 13.1. The van der Waals surface area contributed by atoms with Crippen molar-refractivity contribution >= 4 is 23.6 Å². The average molecular weight is 350 g/mol. The van der Waals surface area contributed by atoms with Crippen LogP contribution in [-0.2, 0) is 15.0 Å². The molecule has 2 aromatic heterocycles. The molecule has 0 radical (unpaired) electrons. The number of nitrogen functional groups attached to an aromatic ring is 1. The number of nitrogens with one attached hydrogen (secondary N) is 1. The Kier molecular flexibility index (Phi) is 2.55. The van der Waals surface area contributed by atoms with Crippen molar-refractivity contribution in [2.24, 2.45) is 5.73 Å². The van der Waals surface area contributed by atoms with E-state index in [1.807, 2.05) is 31.2 Å². The van der Waals surface area contributed by atoms with Crippen LogP contribution in [0.15, 0.2) is 28.7 Å². The van der Waals surface area contributed by atoms with Crippen LogP contribution in [0.4, 0.5) is 11.8 Å². The summed E-state index contributed by atoms with van der Waals surface area (Å²) in [6, 6.07) is 7.38. The summed E-state index contributed by atoms with van der Waals surface area (Å²) in [6.45, 7) is 1.54. The average Bonchev–Trinajstić information content (AvgIpc) is 3.28. The fourth-order valence-electron chi connectivity index (χ4n) is 4.15. The molecule has 0 bridgehead atoms. The number of carbonyl (C=O) groups is 2. The molecule has 0 saturated carbocycles. The number of primary amides is 1. The van der Waals surface area contributed by atoms with Crippen LogP contribution < -0.4 is 16.4 Å². The van der Waals surface area contributed by atoms with E-state index in [9.17, 15) is 9.59 Å². The predicted molar refractivity (Wildman–Crippen MR) is 91.1 cm³/mol. The van der Waals surface area contributed by atoms with Gasteiger partial charge in [-0.3, -0.25) is 19.6 Å². The SMILES string of the molecule is Cc1[nH]nc2c1[C@]1(C(=O)N2CC(N)=O)c2ccccc2-c2oc(N)nc21. The normalized spacial score (nSPS) is 19.7. The number of aryl methyl sites for hydroxylation is 1. The topological polar surface area (TPSA) is 144 Å². The van der Waals surface area contributed by atoms with Gasteiger partial charge in [-0.05, 0) is 12.5 Å². The largest absolute Gasteiger partial charge is 0.423 e. The van der Waals surface area contributed by atoms with E-state index in [0.717, 1.165) is 11.1 Å². The number of H-pyrrole nitrogens is 1. The Morgan fingerprint density at radius 1 is 1.38 bits per heavy atom. The lowest BCUT2D eigenvalue weighted by molar-refractivity contribution is -0.123. The summed E-state index contributed by atoms with van der Waals surface area (Å²) in [4.78, 5) is 30.8. The molecule has 3 aromatic rings. The zero-order valence-electron chi connectivity index (χ0n) is 13.7. The van der Waals surface area contributed by atoms with Crippen molar-refractivity contribution in [3.8, 4) is 11.3 Å². The fraction of sp³-hybridized carbons (Fsp3) is 0.176. The van der Waals surface area contributed by atoms with Gasteiger partial charge >= 0.3 is 0 Å². The number of carbonyl (C=O) groups excluding carboxylic acids is 2. The Morgan fingerprint density at radius 3 is 2.92 bits per heavy atom. The molecule has 0 unspecified atom stereocenters. The number of nitrogens with zero attached hydrogens (tertiary/aromatic N) is 3. The molecule has 5 N–H and O–H groups in total. The number of aromatic amines is 1. The molecule has 2 aliphatic rings. The third-order valence-electron chi connectivity index (χ3n) is 5.01. The minimum Gasteiger partial charge on any atom is -0.423 e. The lowest BCUT2D eigenvalue weighted by atomic mass is 9.75. The van der Waals surface area contributed by atoms with E-state index in [-0.39, 0.29) is 18.5 Å². The standard InChI is InChI=1S/C17H14N6O3/c1-7-11-14(22-21-7)23(6-10(18)24)15(25)17(11)9-5-3-2-4-8(9)12-13(17)20-16(19)26-12/h2-5H,6H2,1H3,(H2,18,24)(H2,19,20)(H,21,22)/t17-/m1/s1. The zero-order valence-corrected chi connectivity index (χ0v) is 13.7. The van der Waals surface area contributed by atoms with Gasteiger partial charge in [0, 0.05) is 16.8 Å². The molecular weight excluding hydrogens is 336 g/mol. The maximum absolute atomic E-state index is 13.6. The molecule has 9 heteroatoms. The lowest BCUT2D eigenvalue weighted by Gasteiger charge is -2.24. The number of nitrogens with two attached hydrogens (primary N) is 2. The highest BCUT2D eigenvalue weighted by Gasteiger charge is 2.62. The number of amides is 2. The Hall–Kier alpha value is -3.62. The van der Waals surface area contributed by atoms with Crippen molar-refractivity contribution < 1.29 is 14.0 Å². The molecule has 1 aliphatic heterocycles. The van der Waals surface area contributed by atoms with Gasteiger partial charge in [0.05, 0.1) is 0 Å². The minimum atomic E-state index is -1.26. The summed E-state index contributed by atoms with van der Waals surface area (Å²) in [5.74, 6) is -0.145. The Balaban J connectivity index is 1.90. The van der Waals surface area contributed by atoms with Gasteiger partial charge in [-0.1, -0.05) is 24.3 Å². The van der Waals surface area contributed by atoms with Gasteiger partial charge in [-0.15, -0.1) is 0 Å². The number of hydrogen-bond acceptors (Lipinski definition) is 6. The molecule has 1 atom stereocenters. The summed E-state index contributed by atoms with van der Waals surface area (Å²) in [7, 11) is 0. The Labute approximate surface area is 147 Å². The second-order valence-electron chi connectivity index (χ2n) is 6.43. The van der Waals surface area contributed by atoms with Crippen molar-refractivity contribution in [1.82, 2.24) is 15.2 Å². The van der Waals surface area contributed by atoms with Gasteiger partial charge in [0.2, 0.25) is 11.8 Å². The molecule has 9 nitrogen and oxygen atoms in total. The summed E-state index contributed by atoms with van der Waals surface area (Å²) < 4.78 is 5.61. The second kappa shape index (κ2) is 4.51. The van der Waals surface area contributed by atoms with Gasteiger partial charge in [-0.2, -0.15) is 10.1 Å². The maximum atomic E-state index is 13.6. The van der Waals surface area contributed by atoms with E-state index in [0.29, 0.717) is 28.5 Å². The molecule has 5 rings (SSSR count). The van der Waals surface area contributed by atoms with Crippen LogP contribution in [0.2, 0.25) is 0 Å². The Bertz CT molecular complexity index is 1110. The highest BCUT2D eigenvalue weighted by Crippen LogP contribution is 2.58. The molecule has 3 heterocycles. The van der Waals surface area contributed by atoms with E-state index in [1.54, 1.807) is 0 Å². The van der Waals surface area contributed by atoms with E-state index in [1.165, 1.54) is 4.90 Å². The molecule has 26 heavy (non-hydrogen) atoms. The number of benzene rings is 1. The van der Waals surface area contributed by atoms with Gasteiger partial charge in [0.15, 0.2) is 17.0 Å². The number of rotatable bonds is 2. The molecular formula is C17H14N6O3. The van der Waals surface area contributed by atoms with Gasteiger partial charge in [-0.25, -0.2) is 0 Å². The van der Waals surface area contributed by atoms with Crippen LogP contribution in [0.25, 0.3) is 11.3 Å². The number of oxazole rings is 1. The molecule has 130 valence electrons. The summed E-state index contributed by atoms with van der Waals surface area (Å²) in [5, 5.41) is 7.13. The monoisotopic (exact) mass is 350 g/mol.